The number of fused-ring (bicyclic) bond motifs is 1. The molecule has 3 heteroatoms. The van der Waals surface area contributed by atoms with Crippen LogP contribution in [0.1, 0.15) is 32.1 Å². The Morgan fingerprint density at radius 1 is 1.11 bits per heavy atom. The minimum Gasteiger partial charge on any atom is -0.396 e. The first kappa shape index (κ1) is 12.2. The van der Waals surface area contributed by atoms with E-state index in [0.29, 0.717) is 5.02 Å². The topological polar surface area (TPSA) is 29.3 Å². The van der Waals surface area contributed by atoms with Crippen LogP contribution in [-0.2, 0) is 0 Å². The zero-order valence-electron chi connectivity index (χ0n) is 10.7. The second kappa shape index (κ2) is 5.00. The summed E-state index contributed by atoms with van der Waals surface area (Å²) in [6.45, 7) is 2.29. The molecule has 2 nitrogen and oxygen atoms in total. The molecule has 1 aliphatic heterocycles. The summed E-state index contributed by atoms with van der Waals surface area (Å²) < 4.78 is 0. The fourth-order valence-electron chi connectivity index (χ4n) is 3.62. The average molecular weight is 265 g/mol. The van der Waals surface area contributed by atoms with Gasteiger partial charge >= 0.3 is 0 Å². The van der Waals surface area contributed by atoms with Gasteiger partial charge in [-0.05, 0) is 36.8 Å². The minimum absolute atomic E-state index is 0.679. The van der Waals surface area contributed by atoms with Crippen molar-refractivity contribution < 1.29 is 0 Å². The number of para-hydroxylation sites is 1. The number of piperidine rings is 1. The van der Waals surface area contributed by atoms with Gasteiger partial charge in [0.2, 0.25) is 0 Å². The summed E-state index contributed by atoms with van der Waals surface area (Å²) in [5.41, 5.74) is 7.98. The Labute approximate surface area is 114 Å². The molecule has 3 rings (SSSR count). The van der Waals surface area contributed by atoms with E-state index < -0.39 is 0 Å². The van der Waals surface area contributed by atoms with E-state index in [-0.39, 0.29) is 0 Å². The number of hydrogen-bond acceptors (Lipinski definition) is 2. The van der Waals surface area contributed by atoms with Crippen LogP contribution in [0.2, 0.25) is 5.02 Å². The molecule has 2 N–H and O–H groups in total. The molecular formula is C15H21ClN2. The predicted molar refractivity (Wildman–Crippen MR) is 78.1 cm³/mol. The van der Waals surface area contributed by atoms with Gasteiger partial charge in [0.15, 0.2) is 0 Å². The largest absolute Gasteiger partial charge is 0.396 e. The first-order valence-corrected chi connectivity index (χ1v) is 7.42. The molecule has 0 aromatic heterocycles. The normalized spacial score (nSPS) is 27.9. The van der Waals surface area contributed by atoms with Crippen molar-refractivity contribution in [3.8, 4) is 0 Å². The predicted octanol–water partition coefficient (Wildman–Crippen LogP) is 3.94. The molecule has 1 aliphatic carbocycles. The van der Waals surface area contributed by atoms with Gasteiger partial charge in [0, 0.05) is 13.1 Å². The lowest BCUT2D eigenvalue weighted by Crippen LogP contribution is -2.42. The summed E-state index contributed by atoms with van der Waals surface area (Å²) in [7, 11) is 0. The van der Waals surface area contributed by atoms with Crippen LogP contribution < -0.4 is 10.6 Å². The van der Waals surface area contributed by atoms with Crippen LogP contribution in [0.25, 0.3) is 0 Å². The smallest absolute Gasteiger partial charge is 0.0741 e. The molecule has 18 heavy (non-hydrogen) atoms. The molecule has 98 valence electrons. The summed E-state index contributed by atoms with van der Waals surface area (Å²) in [4.78, 5) is 2.44. The van der Waals surface area contributed by atoms with Gasteiger partial charge in [0.25, 0.3) is 0 Å². The zero-order valence-corrected chi connectivity index (χ0v) is 11.5. The van der Waals surface area contributed by atoms with Crippen LogP contribution >= 0.6 is 11.6 Å². The third kappa shape index (κ3) is 2.18. The van der Waals surface area contributed by atoms with Crippen LogP contribution in [0.5, 0.6) is 0 Å². The van der Waals surface area contributed by atoms with E-state index in [0.717, 1.165) is 36.3 Å². The van der Waals surface area contributed by atoms with Gasteiger partial charge in [-0.15, -0.1) is 0 Å². The lowest BCUT2D eigenvalue weighted by atomic mass is 9.75. The quantitative estimate of drug-likeness (QED) is 0.779. The van der Waals surface area contributed by atoms with Crippen molar-refractivity contribution in [1.29, 1.82) is 0 Å². The first-order valence-electron chi connectivity index (χ1n) is 7.04. The fourth-order valence-corrected chi connectivity index (χ4v) is 3.79. The highest BCUT2D eigenvalue weighted by molar-refractivity contribution is 6.33. The van der Waals surface area contributed by atoms with Crippen LogP contribution in [0.15, 0.2) is 18.2 Å². The van der Waals surface area contributed by atoms with Gasteiger partial charge < -0.3 is 10.6 Å². The first-order chi connectivity index (χ1) is 8.75. The monoisotopic (exact) mass is 264 g/mol. The van der Waals surface area contributed by atoms with E-state index >= 15 is 0 Å². The van der Waals surface area contributed by atoms with E-state index in [1.165, 1.54) is 32.1 Å². The second-order valence-corrected chi connectivity index (χ2v) is 6.12. The maximum absolute atomic E-state index is 6.12. The highest BCUT2D eigenvalue weighted by Gasteiger charge is 2.31. The maximum atomic E-state index is 6.12. The Balaban J connectivity index is 1.79. The molecule has 1 saturated carbocycles. The maximum Gasteiger partial charge on any atom is 0.0741 e. The Kier molecular flexibility index (Phi) is 3.38. The number of nitrogens with zero attached hydrogens (tertiary/aromatic N) is 1. The van der Waals surface area contributed by atoms with Gasteiger partial charge in [-0.1, -0.05) is 36.9 Å². The summed E-state index contributed by atoms with van der Waals surface area (Å²) in [5.74, 6) is 1.82. The molecular weight excluding hydrogens is 244 g/mol. The van der Waals surface area contributed by atoms with Crippen molar-refractivity contribution in [2.75, 3.05) is 23.7 Å². The second-order valence-electron chi connectivity index (χ2n) is 5.71. The Hall–Kier alpha value is -0.890. The van der Waals surface area contributed by atoms with Gasteiger partial charge in [0.05, 0.1) is 16.4 Å². The van der Waals surface area contributed by atoms with Gasteiger partial charge in [-0.3, -0.25) is 0 Å². The van der Waals surface area contributed by atoms with E-state index in [2.05, 4.69) is 11.0 Å². The summed E-state index contributed by atoms with van der Waals surface area (Å²) in [6, 6.07) is 5.97. The van der Waals surface area contributed by atoms with Gasteiger partial charge in [-0.2, -0.15) is 0 Å². The molecule has 1 aromatic rings. The number of nitrogens with two attached hydrogens (primary N) is 1. The molecule has 0 bridgehead atoms. The van der Waals surface area contributed by atoms with E-state index in [4.69, 9.17) is 17.3 Å². The zero-order chi connectivity index (χ0) is 12.5. The summed E-state index contributed by atoms with van der Waals surface area (Å²) in [6.07, 6.45) is 6.97. The average Bonchev–Trinajstić information content (AvgIpc) is 2.41. The molecule has 1 saturated heterocycles. The number of rotatable bonds is 1. The molecule has 2 atom stereocenters. The highest BCUT2D eigenvalue weighted by atomic mass is 35.5. The van der Waals surface area contributed by atoms with Crippen molar-refractivity contribution in [2.45, 2.75) is 32.1 Å². The fraction of sp³-hybridized carbons (Fsp3) is 0.600. The standard InChI is InChI=1S/C15H21ClN2/c16-13-6-3-7-14(15(13)17)18-9-8-11-4-1-2-5-12(11)10-18/h3,6-7,11-12H,1-2,4-5,8-10,17H2. The van der Waals surface area contributed by atoms with Crippen LogP contribution in [0, 0.1) is 11.8 Å². The van der Waals surface area contributed by atoms with Crippen LogP contribution in [0.3, 0.4) is 0 Å². The van der Waals surface area contributed by atoms with E-state index in [1.807, 2.05) is 12.1 Å². The van der Waals surface area contributed by atoms with Gasteiger partial charge in [-0.25, -0.2) is 0 Å². The molecule has 1 heterocycles. The minimum atomic E-state index is 0.679. The number of anilines is 2. The number of halogens is 1. The van der Waals surface area contributed by atoms with Crippen molar-refractivity contribution in [3.05, 3.63) is 23.2 Å². The number of hydrogen-bond donors (Lipinski definition) is 1. The summed E-state index contributed by atoms with van der Waals surface area (Å²) in [5, 5.41) is 0.679. The van der Waals surface area contributed by atoms with Crippen LogP contribution in [-0.4, -0.2) is 13.1 Å². The van der Waals surface area contributed by atoms with E-state index in [9.17, 15) is 0 Å². The van der Waals surface area contributed by atoms with Crippen molar-refractivity contribution in [1.82, 2.24) is 0 Å². The molecule has 2 unspecified atom stereocenters. The SMILES string of the molecule is Nc1c(Cl)cccc1N1CCC2CCCCC2C1. The van der Waals surface area contributed by atoms with Crippen molar-refractivity contribution in [3.63, 3.8) is 0 Å². The highest BCUT2D eigenvalue weighted by Crippen LogP contribution is 2.39. The van der Waals surface area contributed by atoms with Crippen LogP contribution in [0.4, 0.5) is 11.4 Å². The molecule has 2 aliphatic rings. The van der Waals surface area contributed by atoms with Crippen molar-refractivity contribution in [2.24, 2.45) is 11.8 Å². The molecule has 0 radical (unpaired) electrons. The van der Waals surface area contributed by atoms with Gasteiger partial charge in [0.1, 0.15) is 0 Å². The number of nitrogen functional groups attached to an aromatic ring is 1. The Morgan fingerprint density at radius 2 is 1.89 bits per heavy atom. The summed E-state index contributed by atoms with van der Waals surface area (Å²) >= 11 is 6.12. The number of benzene rings is 1. The third-order valence-electron chi connectivity index (χ3n) is 4.66. The van der Waals surface area contributed by atoms with E-state index in [1.54, 1.807) is 0 Å². The molecule has 2 fully saturated rings. The molecule has 0 amide bonds. The third-order valence-corrected chi connectivity index (χ3v) is 4.99. The Morgan fingerprint density at radius 3 is 2.72 bits per heavy atom. The Bertz CT molecular complexity index is 433. The van der Waals surface area contributed by atoms with Crippen molar-refractivity contribution >= 4 is 23.0 Å². The molecule has 1 aromatic carbocycles. The molecule has 0 spiro atoms. The lowest BCUT2D eigenvalue weighted by molar-refractivity contribution is 0.202. The lowest BCUT2D eigenvalue weighted by Gasteiger charge is -2.42.